The molecule has 2 N–H and O–H groups in total. The molecule has 2 aromatic rings. The van der Waals surface area contributed by atoms with E-state index in [0.29, 0.717) is 25.4 Å². The highest BCUT2D eigenvalue weighted by Crippen LogP contribution is 2.37. The number of rotatable bonds is 13. The summed E-state index contributed by atoms with van der Waals surface area (Å²) >= 11 is 1.53. The number of likely N-dealkylation sites (tertiary alicyclic amines) is 1. The first kappa shape index (κ1) is 30.4. The van der Waals surface area contributed by atoms with Gasteiger partial charge in [0.2, 0.25) is 11.8 Å². The van der Waals surface area contributed by atoms with Gasteiger partial charge in [0.25, 0.3) is 0 Å². The maximum atomic E-state index is 13.0. The number of thioether (sulfide) groups is 1. The number of hydrogen-bond acceptors (Lipinski definition) is 7. The molecular weight excluding hydrogens is 532 g/mol. The number of piperidine rings is 1. The molecule has 2 heterocycles. The second-order valence-corrected chi connectivity index (χ2v) is 12.1. The minimum atomic E-state index is -0.891. The fraction of sp³-hybridized carbons (Fsp3) is 0.500. The molecule has 216 valence electrons. The van der Waals surface area contributed by atoms with E-state index in [1.54, 1.807) is 4.90 Å². The van der Waals surface area contributed by atoms with Crippen LogP contribution < -0.4 is 10.6 Å². The Balaban J connectivity index is 1.21. The molecule has 2 amide bonds. The molecule has 2 aromatic carbocycles. The molecule has 2 saturated heterocycles. The molecule has 3 unspecified atom stereocenters. The minimum absolute atomic E-state index is 0.0585. The minimum Gasteiger partial charge on any atom is -0.385 e. The van der Waals surface area contributed by atoms with Crippen LogP contribution in [-0.2, 0) is 16.0 Å². The topological polar surface area (TPSA) is 112 Å². The molecule has 8 nitrogen and oxygen atoms in total. The molecule has 4 rings (SSSR count). The van der Waals surface area contributed by atoms with Crippen molar-refractivity contribution >= 4 is 29.3 Å². The summed E-state index contributed by atoms with van der Waals surface area (Å²) in [6.45, 7) is 6.32. The average molecular weight is 573 g/mol. The molecular formula is C32H40N6O2S. The molecule has 0 spiro atoms. The van der Waals surface area contributed by atoms with Gasteiger partial charge < -0.3 is 20.4 Å². The highest BCUT2D eigenvalue weighted by molar-refractivity contribution is 8.01. The van der Waals surface area contributed by atoms with E-state index < -0.39 is 11.8 Å². The molecule has 0 radical (unpaired) electrons. The molecule has 0 saturated carbocycles. The maximum Gasteiger partial charge on any atom is 0.238 e. The van der Waals surface area contributed by atoms with Gasteiger partial charge in [0, 0.05) is 31.7 Å². The van der Waals surface area contributed by atoms with E-state index in [2.05, 4.69) is 70.1 Å². The van der Waals surface area contributed by atoms with Crippen molar-refractivity contribution in [3.63, 3.8) is 0 Å². The molecule has 2 aliphatic heterocycles. The van der Waals surface area contributed by atoms with Crippen molar-refractivity contribution in [2.45, 2.75) is 55.6 Å². The summed E-state index contributed by atoms with van der Waals surface area (Å²) in [5, 5.41) is 23.7. The van der Waals surface area contributed by atoms with Crippen LogP contribution in [-0.4, -0.2) is 71.5 Å². The van der Waals surface area contributed by atoms with Crippen molar-refractivity contribution in [1.29, 1.82) is 10.5 Å². The van der Waals surface area contributed by atoms with Crippen molar-refractivity contribution in [2.24, 2.45) is 5.92 Å². The fourth-order valence-electron chi connectivity index (χ4n) is 5.74. The molecule has 2 aliphatic rings. The van der Waals surface area contributed by atoms with Gasteiger partial charge in [-0.15, -0.1) is 11.8 Å². The number of nitrogens with zero attached hydrogens (tertiary/aromatic N) is 4. The lowest BCUT2D eigenvalue weighted by atomic mass is 9.89. The highest BCUT2D eigenvalue weighted by Gasteiger charge is 2.40. The van der Waals surface area contributed by atoms with E-state index in [1.165, 1.54) is 35.7 Å². The van der Waals surface area contributed by atoms with Crippen LogP contribution in [0.2, 0.25) is 0 Å². The van der Waals surface area contributed by atoms with Gasteiger partial charge >= 0.3 is 0 Å². The van der Waals surface area contributed by atoms with E-state index in [0.717, 1.165) is 31.7 Å². The first-order valence-electron chi connectivity index (χ1n) is 14.6. The van der Waals surface area contributed by atoms with Gasteiger partial charge in [-0.25, -0.2) is 0 Å². The number of anilines is 1. The summed E-state index contributed by atoms with van der Waals surface area (Å²) in [5.74, 6) is -0.619. The Bertz CT molecular complexity index is 1230. The van der Waals surface area contributed by atoms with Gasteiger partial charge in [-0.05, 0) is 74.9 Å². The van der Waals surface area contributed by atoms with Crippen LogP contribution in [0, 0.1) is 28.6 Å². The first-order chi connectivity index (χ1) is 20.0. The van der Waals surface area contributed by atoms with E-state index in [1.807, 2.05) is 19.1 Å². The Morgan fingerprint density at radius 2 is 1.90 bits per heavy atom. The Morgan fingerprint density at radius 1 is 1.12 bits per heavy atom. The summed E-state index contributed by atoms with van der Waals surface area (Å²) in [6.07, 6.45) is 4.36. The summed E-state index contributed by atoms with van der Waals surface area (Å²) in [6, 6.07) is 23.3. The van der Waals surface area contributed by atoms with Gasteiger partial charge in [-0.2, -0.15) is 10.5 Å². The number of nitrogens with one attached hydrogen (secondary N) is 2. The van der Waals surface area contributed by atoms with E-state index >= 15 is 0 Å². The van der Waals surface area contributed by atoms with E-state index in [-0.39, 0.29) is 29.5 Å². The zero-order chi connectivity index (χ0) is 29.0. The van der Waals surface area contributed by atoms with Gasteiger partial charge in [0.15, 0.2) is 0 Å². The van der Waals surface area contributed by atoms with Gasteiger partial charge in [-0.3, -0.25) is 9.59 Å². The lowest BCUT2D eigenvalue weighted by molar-refractivity contribution is -0.131. The van der Waals surface area contributed by atoms with Crippen LogP contribution in [0.1, 0.15) is 49.7 Å². The van der Waals surface area contributed by atoms with Crippen molar-refractivity contribution in [2.75, 3.05) is 44.6 Å². The molecule has 9 heteroatoms. The molecule has 0 aliphatic carbocycles. The van der Waals surface area contributed by atoms with Crippen molar-refractivity contribution in [1.82, 2.24) is 15.1 Å². The van der Waals surface area contributed by atoms with Crippen LogP contribution in [0.15, 0.2) is 54.6 Å². The van der Waals surface area contributed by atoms with Crippen LogP contribution >= 0.6 is 11.8 Å². The average Bonchev–Trinajstić information content (AvgIpc) is 3.31. The SMILES string of the molecule is CCN1C(=O)C(CCNc2cccc(CCN3CCC(c4ccccc4)CC3)c2)SC1CC(C#N)C(=O)NCC#N. The van der Waals surface area contributed by atoms with E-state index in [4.69, 9.17) is 5.26 Å². The van der Waals surface area contributed by atoms with Crippen molar-refractivity contribution < 1.29 is 9.59 Å². The molecule has 0 bridgehead atoms. The number of nitriles is 2. The second-order valence-electron chi connectivity index (χ2n) is 10.7. The normalized spacial score (nSPS) is 20.3. The lowest BCUT2D eigenvalue weighted by Crippen LogP contribution is -2.38. The number of amides is 2. The summed E-state index contributed by atoms with van der Waals surface area (Å²) in [7, 11) is 0. The standard InChI is InChI=1S/C32H40N6O2S/c1-2-38-30(22-27(23-34)31(39)36-17-15-33)41-29(32(38)40)11-16-35-28-10-6-7-24(21-28)12-18-37-19-13-26(14-20-37)25-8-4-3-5-9-25/h3-10,21,26-27,29-30,35H,2,11-14,16-20,22H2,1H3,(H,36,39). The summed E-state index contributed by atoms with van der Waals surface area (Å²) in [5.41, 5.74) is 3.83. The largest absolute Gasteiger partial charge is 0.385 e. The Kier molecular flexibility index (Phi) is 11.5. The van der Waals surface area contributed by atoms with Crippen LogP contribution in [0.4, 0.5) is 5.69 Å². The third kappa shape index (κ3) is 8.48. The van der Waals surface area contributed by atoms with Gasteiger partial charge in [0.1, 0.15) is 12.5 Å². The van der Waals surface area contributed by atoms with Crippen LogP contribution in [0.3, 0.4) is 0 Å². The number of carbonyl (C=O) groups is 2. The first-order valence-corrected chi connectivity index (χ1v) is 15.6. The summed E-state index contributed by atoms with van der Waals surface area (Å²) < 4.78 is 0. The Morgan fingerprint density at radius 3 is 2.61 bits per heavy atom. The van der Waals surface area contributed by atoms with Gasteiger partial charge in [-0.1, -0.05) is 42.5 Å². The zero-order valence-electron chi connectivity index (χ0n) is 23.8. The summed E-state index contributed by atoms with van der Waals surface area (Å²) in [4.78, 5) is 29.6. The van der Waals surface area contributed by atoms with Crippen molar-refractivity contribution in [3.8, 4) is 12.1 Å². The monoisotopic (exact) mass is 572 g/mol. The molecule has 0 aromatic heterocycles. The predicted octanol–water partition coefficient (Wildman–Crippen LogP) is 4.37. The molecule has 41 heavy (non-hydrogen) atoms. The van der Waals surface area contributed by atoms with Crippen molar-refractivity contribution in [3.05, 3.63) is 65.7 Å². The Hall–Kier alpha value is -3.53. The lowest BCUT2D eigenvalue weighted by Gasteiger charge is -2.32. The van der Waals surface area contributed by atoms with Gasteiger partial charge in [0.05, 0.1) is 22.8 Å². The third-order valence-electron chi connectivity index (χ3n) is 8.06. The highest BCUT2D eigenvalue weighted by atomic mass is 32.2. The maximum absolute atomic E-state index is 13.0. The zero-order valence-corrected chi connectivity index (χ0v) is 24.6. The molecule has 3 atom stereocenters. The second kappa shape index (κ2) is 15.5. The predicted molar refractivity (Wildman–Crippen MR) is 163 cm³/mol. The number of carbonyl (C=O) groups excluding carboxylic acids is 2. The van der Waals surface area contributed by atoms with E-state index in [9.17, 15) is 14.9 Å². The van der Waals surface area contributed by atoms with Crippen LogP contribution in [0.5, 0.6) is 0 Å². The number of hydrogen-bond donors (Lipinski definition) is 2. The Labute approximate surface area is 248 Å². The fourth-order valence-corrected chi connectivity index (χ4v) is 7.33. The smallest absolute Gasteiger partial charge is 0.238 e. The molecule has 2 fully saturated rings. The third-order valence-corrected chi connectivity index (χ3v) is 9.58. The quantitative estimate of drug-likeness (QED) is 0.343. The number of benzene rings is 2. The van der Waals surface area contributed by atoms with Crippen LogP contribution in [0.25, 0.3) is 0 Å².